The summed E-state index contributed by atoms with van der Waals surface area (Å²) in [7, 11) is 3.02. The van der Waals surface area contributed by atoms with Gasteiger partial charge in [-0.25, -0.2) is 4.79 Å². The third kappa shape index (κ3) is 3.87. The number of carbonyl (C=O) groups is 1. The zero-order chi connectivity index (χ0) is 21.1. The Morgan fingerprint density at radius 2 is 1.79 bits per heavy atom. The molecule has 0 unspecified atom stereocenters. The van der Waals surface area contributed by atoms with Crippen LogP contribution in [0.4, 0.5) is 5.69 Å². The second-order valence-corrected chi connectivity index (χ2v) is 6.77. The molecule has 0 bridgehead atoms. The topological polar surface area (TPSA) is 91.6 Å². The first-order valence-corrected chi connectivity index (χ1v) is 9.13. The van der Waals surface area contributed by atoms with Gasteiger partial charge in [-0.3, -0.25) is 18.7 Å². The van der Waals surface area contributed by atoms with E-state index in [4.69, 9.17) is 9.47 Å². The van der Waals surface area contributed by atoms with Crippen molar-refractivity contribution < 1.29 is 14.3 Å². The quantitative estimate of drug-likeness (QED) is 0.690. The van der Waals surface area contributed by atoms with Crippen LogP contribution in [0.15, 0.2) is 52.1 Å². The molecule has 1 N–H and O–H groups in total. The first-order valence-electron chi connectivity index (χ1n) is 9.13. The second-order valence-electron chi connectivity index (χ2n) is 6.77. The maximum absolute atomic E-state index is 12.9. The van der Waals surface area contributed by atoms with E-state index in [0.29, 0.717) is 28.1 Å². The summed E-state index contributed by atoms with van der Waals surface area (Å²) in [5.74, 6) is 0.600. The van der Waals surface area contributed by atoms with Crippen molar-refractivity contribution >= 4 is 22.5 Å². The van der Waals surface area contributed by atoms with E-state index in [1.165, 1.54) is 18.8 Å². The Bertz CT molecular complexity index is 1180. The molecule has 0 spiro atoms. The normalized spacial score (nSPS) is 10.9. The van der Waals surface area contributed by atoms with Crippen molar-refractivity contribution in [2.45, 2.75) is 26.4 Å². The standard InChI is InChI=1S/C21H23N3O5/c1-13(2)24-20(26)15-7-5-6-8-17(15)23(21(24)27)12-19(25)22-16-10-9-14(28-3)11-18(16)29-4/h5-11,13H,12H2,1-4H3,(H,22,25). The molecule has 1 amide bonds. The molecule has 0 aliphatic heterocycles. The summed E-state index contributed by atoms with van der Waals surface area (Å²) in [6.07, 6.45) is 0. The number of hydrogen-bond acceptors (Lipinski definition) is 5. The number of anilines is 1. The molecule has 0 aliphatic carbocycles. The summed E-state index contributed by atoms with van der Waals surface area (Å²) < 4.78 is 12.9. The fourth-order valence-electron chi connectivity index (χ4n) is 3.18. The van der Waals surface area contributed by atoms with Gasteiger partial charge >= 0.3 is 5.69 Å². The van der Waals surface area contributed by atoms with Crippen molar-refractivity contribution in [2.24, 2.45) is 0 Å². The number of ether oxygens (including phenoxy) is 2. The van der Waals surface area contributed by atoms with Gasteiger partial charge in [0.05, 0.1) is 30.8 Å². The highest BCUT2D eigenvalue weighted by molar-refractivity contribution is 5.93. The van der Waals surface area contributed by atoms with Gasteiger partial charge in [-0.15, -0.1) is 0 Å². The summed E-state index contributed by atoms with van der Waals surface area (Å²) in [6, 6.07) is 11.4. The van der Waals surface area contributed by atoms with E-state index in [-0.39, 0.29) is 18.1 Å². The summed E-state index contributed by atoms with van der Waals surface area (Å²) in [5, 5.41) is 3.13. The van der Waals surface area contributed by atoms with E-state index < -0.39 is 11.6 Å². The molecule has 152 valence electrons. The fraction of sp³-hybridized carbons (Fsp3) is 0.286. The molecule has 0 saturated heterocycles. The molecule has 0 aliphatic rings. The van der Waals surface area contributed by atoms with Crippen molar-refractivity contribution in [2.75, 3.05) is 19.5 Å². The molecular weight excluding hydrogens is 374 g/mol. The Morgan fingerprint density at radius 3 is 2.45 bits per heavy atom. The molecule has 8 heteroatoms. The Kier molecular flexibility index (Phi) is 5.72. The van der Waals surface area contributed by atoms with Crippen molar-refractivity contribution in [3.05, 3.63) is 63.3 Å². The highest BCUT2D eigenvalue weighted by Gasteiger charge is 2.17. The van der Waals surface area contributed by atoms with Gasteiger partial charge in [0.25, 0.3) is 5.56 Å². The van der Waals surface area contributed by atoms with Crippen LogP contribution in [0.3, 0.4) is 0 Å². The lowest BCUT2D eigenvalue weighted by Gasteiger charge is -2.16. The molecule has 8 nitrogen and oxygen atoms in total. The zero-order valence-electron chi connectivity index (χ0n) is 16.8. The summed E-state index contributed by atoms with van der Waals surface area (Å²) in [4.78, 5) is 38.4. The zero-order valence-corrected chi connectivity index (χ0v) is 16.8. The number of fused-ring (bicyclic) bond motifs is 1. The lowest BCUT2D eigenvalue weighted by Crippen LogP contribution is -2.42. The summed E-state index contributed by atoms with van der Waals surface area (Å²) >= 11 is 0. The molecule has 0 fully saturated rings. The van der Waals surface area contributed by atoms with E-state index in [0.717, 1.165) is 4.57 Å². The Balaban J connectivity index is 2.01. The Morgan fingerprint density at radius 1 is 1.07 bits per heavy atom. The van der Waals surface area contributed by atoms with Crippen LogP contribution in [0, 0.1) is 0 Å². The predicted molar refractivity (Wildman–Crippen MR) is 111 cm³/mol. The highest BCUT2D eigenvalue weighted by atomic mass is 16.5. The number of nitrogens with one attached hydrogen (secondary N) is 1. The number of amides is 1. The number of hydrogen-bond donors (Lipinski definition) is 1. The van der Waals surface area contributed by atoms with Crippen molar-refractivity contribution in [1.29, 1.82) is 0 Å². The SMILES string of the molecule is COc1ccc(NC(=O)Cn2c(=O)n(C(C)C)c(=O)c3ccccc32)c(OC)c1. The van der Waals surface area contributed by atoms with Crippen LogP contribution >= 0.6 is 0 Å². The summed E-state index contributed by atoms with van der Waals surface area (Å²) in [6.45, 7) is 3.26. The van der Waals surface area contributed by atoms with Crippen LogP contribution in [0.1, 0.15) is 19.9 Å². The number of aromatic nitrogens is 2. The number of methoxy groups -OCH3 is 2. The first-order chi connectivity index (χ1) is 13.9. The molecule has 1 heterocycles. The molecule has 0 atom stereocenters. The molecular formula is C21H23N3O5. The van der Waals surface area contributed by atoms with Gasteiger partial charge in [0, 0.05) is 12.1 Å². The van der Waals surface area contributed by atoms with E-state index >= 15 is 0 Å². The minimum absolute atomic E-state index is 0.248. The molecule has 29 heavy (non-hydrogen) atoms. The number of carbonyl (C=O) groups excluding carboxylic acids is 1. The van der Waals surface area contributed by atoms with Crippen LogP contribution in [0.25, 0.3) is 10.9 Å². The van der Waals surface area contributed by atoms with E-state index in [2.05, 4.69) is 5.32 Å². The van der Waals surface area contributed by atoms with Crippen LogP contribution in [-0.2, 0) is 11.3 Å². The average molecular weight is 397 g/mol. The number of rotatable bonds is 6. The third-order valence-corrected chi connectivity index (χ3v) is 4.58. The molecule has 1 aromatic heterocycles. The van der Waals surface area contributed by atoms with Gasteiger partial charge in [0.15, 0.2) is 0 Å². The lowest BCUT2D eigenvalue weighted by molar-refractivity contribution is -0.116. The van der Waals surface area contributed by atoms with Crippen LogP contribution < -0.4 is 26.0 Å². The number of nitrogens with zero attached hydrogens (tertiary/aromatic N) is 2. The Hall–Kier alpha value is -3.55. The third-order valence-electron chi connectivity index (χ3n) is 4.58. The number of benzene rings is 2. The monoisotopic (exact) mass is 397 g/mol. The van der Waals surface area contributed by atoms with Crippen molar-refractivity contribution in [3.63, 3.8) is 0 Å². The molecule has 0 saturated carbocycles. The average Bonchev–Trinajstić information content (AvgIpc) is 2.71. The lowest BCUT2D eigenvalue weighted by atomic mass is 10.2. The Labute approximate surface area is 167 Å². The molecule has 2 aromatic carbocycles. The van der Waals surface area contributed by atoms with Gasteiger partial charge in [-0.1, -0.05) is 12.1 Å². The van der Waals surface area contributed by atoms with E-state index in [1.54, 1.807) is 56.3 Å². The molecule has 3 rings (SSSR count). The van der Waals surface area contributed by atoms with E-state index in [1.807, 2.05) is 0 Å². The highest BCUT2D eigenvalue weighted by Crippen LogP contribution is 2.29. The minimum atomic E-state index is -0.527. The van der Waals surface area contributed by atoms with Crippen LogP contribution in [0.2, 0.25) is 0 Å². The van der Waals surface area contributed by atoms with Gasteiger partial charge in [0.1, 0.15) is 18.0 Å². The largest absolute Gasteiger partial charge is 0.497 e. The summed E-state index contributed by atoms with van der Waals surface area (Å²) in [5.41, 5.74) is -0.0290. The van der Waals surface area contributed by atoms with Gasteiger partial charge in [0.2, 0.25) is 5.91 Å². The first kappa shape index (κ1) is 20.2. The van der Waals surface area contributed by atoms with Crippen LogP contribution in [0.5, 0.6) is 11.5 Å². The van der Waals surface area contributed by atoms with Crippen molar-refractivity contribution in [3.8, 4) is 11.5 Å². The van der Waals surface area contributed by atoms with E-state index in [9.17, 15) is 14.4 Å². The predicted octanol–water partition coefficient (Wildman–Crippen LogP) is 2.40. The fourth-order valence-corrected chi connectivity index (χ4v) is 3.18. The number of para-hydroxylation sites is 1. The second kappa shape index (κ2) is 8.22. The van der Waals surface area contributed by atoms with Crippen molar-refractivity contribution in [1.82, 2.24) is 9.13 Å². The molecule has 3 aromatic rings. The maximum Gasteiger partial charge on any atom is 0.332 e. The van der Waals surface area contributed by atoms with Crippen LogP contribution in [-0.4, -0.2) is 29.3 Å². The maximum atomic E-state index is 12.9. The smallest absolute Gasteiger partial charge is 0.332 e. The molecule has 0 radical (unpaired) electrons. The van der Waals surface area contributed by atoms with Gasteiger partial charge in [-0.05, 0) is 38.1 Å². The van der Waals surface area contributed by atoms with Gasteiger partial charge < -0.3 is 14.8 Å². The van der Waals surface area contributed by atoms with Gasteiger partial charge in [-0.2, -0.15) is 0 Å². The minimum Gasteiger partial charge on any atom is -0.497 e.